The Labute approximate surface area is 305 Å². The van der Waals surface area contributed by atoms with Gasteiger partial charge in [0.2, 0.25) is 0 Å². The topological polar surface area (TPSA) is 85.7 Å². The van der Waals surface area contributed by atoms with Crippen LogP contribution < -0.4 is 0 Å². The first-order chi connectivity index (χ1) is 25.0. The van der Waals surface area contributed by atoms with Crippen LogP contribution in [-0.2, 0) is 14.3 Å². The molecule has 0 spiro atoms. The molecule has 0 amide bonds. The van der Waals surface area contributed by atoms with Gasteiger partial charge >= 0.3 is 12.1 Å². The Morgan fingerprint density at radius 2 is 1.79 bits per heavy atom. The molecule has 52 heavy (non-hydrogen) atoms. The van der Waals surface area contributed by atoms with Crippen molar-refractivity contribution in [2.24, 2.45) is 71.0 Å². The molecule has 4 saturated carbocycles. The summed E-state index contributed by atoms with van der Waals surface area (Å²) in [6.45, 7) is 6.30. The first-order valence-corrected chi connectivity index (χ1v) is 20.0. The van der Waals surface area contributed by atoms with Gasteiger partial charge in [-0.25, -0.2) is 0 Å². The first kappa shape index (κ1) is 35.4. The fraction of sp³-hybridized carbons (Fsp3) is 0.780. The van der Waals surface area contributed by atoms with Gasteiger partial charge in [0.25, 0.3) is 0 Å². The van der Waals surface area contributed by atoms with E-state index in [4.69, 9.17) is 9.47 Å². The van der Waals surface area contributed by atoms with Crippen molar-refractivity contribution in [3.8, 4) is 0 Å². The van der Waals surface area contributed by atoms with Crippen LogP contribution >= 0.6 is 0 Å². The molecule has 3 heterocycles. The van der Waals surface area contributed by atoms with Crippen LogP contribution in [0, 0.1) is 71.0 Å². The maximum absolute atomic E-state index is 14.1. The number of nitrogens with zero attached hydrogens (tertiary/aromatic N) is 3. The molecule has 7 fully saturated rings. The van der Waals surface area contributed by atoms with Crippen molar-refractivity contribution in [3.63, 3.8) is 0 Å². The van der Waals surface area contributed by atoms with E-state index in [9.17, 15) is 28.2 Å². The number of hydrogen-bond donors (Lipinski definition) is 2. The highest BCUT2D eigenvalue weighted by atomic mass is 19.4. The summed E-state index contributed by atoms with van der Waals surface area (Å²) in [5.41, 5.74) is -0.257. The molecule has 9 rings (SSSR count). The third-order valence-corrected chi connectivity index (χ3v) is 15.8. The molecule has 6 bridgehead atoms. The number of alkyl halides is 3. The highest BCUT2D eigenvalue weighted by molar-refractivity contribution is 5.70. The van der Waals surface area contributed by atoms with Crippen LogP contribution in [0.1, 0.15) is 44.9 Å². The van der Waals surface area contributed by atoms with E-state index in [-0.39, 0.29) is 17.8 Å². The minimum atomic E-state index is -4.42. The summed E-state index contributed by atoms with van der Waals surface area (Å²) in [7, 11) is 3.45. The molecule has 6 aliphatic carbocycles. The molecule has 13 atom stereocenters. The number of allylic oxidation sites excluding steroid dienone is 7. The SMILES string of the molecule is COC[C@H]1CN(C[C@@H]2CN(C3C4CC5(O)CC6C[C@H]3C5C64)C[C@H]2C2C=CC(OC)=CC2)C[C@@H]1C1CC=C(C(F)(F)F)C=C1N1CCC(C(=O)O)CC1. The largest absolute Gasteiger partial charge is 0.497 e. The predicted octanol–water partition coefficient (Wildman–Crippen LogP) is 5.43. The predicted molar refractivity (Wildman–Crippen MR) is 188 cm³/mol. The summed E-state index contributed by atoms with van der Waals surface area (Å²) in [5, 5.41) is 21.1. The Morgan fingerprint density at radius 3 is 2.42 bits per heavy atom. The van der Waals surface area contributed by atoms with Crippen LogP contribution in [-0.4, -0.2) is 115 Å². The summed E-state index contributed by atoms with van der Waals surface area (Å²) >= 11 is 0. The zero-order chi connectivity index (χ0) is 36.1. The van der Waals surface area contributed by atoms with Crippen LogP contribution in [0.2, 0.25) is 0 Å². The zero-order valence-corrected chi connectivity index (χ0v) is 30.6. The molecule has 8 unspecified atom stereocenters. The third kappa shape index (κ3) is 5.81. The molecule has 9 aliphatic rings. The van der Waals surface area contributed by atoms with Gasteiger partial charge in [-0.2, -0.15) is 13.2 Å². The van der Waals surface area contributed by atoms with Crippen LogP contribution in [0.3, 0.4) is 0 Å². The van der Waals surface area contributed by atoms with Gasteiger partial charge in [0.1, 0.15) is 5.76 Å². The van der Waals surface area contributed by atoms with E-state index in [0.29, 0.717) is 86.4 Å². The summed E-state index contributed by atoms with van der Waals surface area (Å²) in [5.74, 6) is 4.53. The minimum Gasteiger partial charge on any atom is -0.497 e. The molecule has 0 aromatic heterocycles. The van der Waals surface area contributed by atoms with Crippen molar-refractivity contribution in [3.05, 3.63) is 47.4 Å². The van der Waals surface area contributed by atoms with E-state index in [2.05, 4.69) is 32.9 Å². The fourth-order valence-corrected chi connectivity index (χ4v) is 14.0. The summed E-state index contributed by atoms with van der Waals surface area (Å²) in [6.07, 6.45) is 10.6. The normalized spacial score (nSPS) is 44.6. The highest BCUT2D eigenvalue weighted by Gasteiger charge is 2.76. The lowest BCUT2D eigenvalue weighted by molar-refractivity contribution is -0.143. The molecule has 3 aliphatic heterocycles. The second-order valence-electron chi connectivity index (χ2n) is 18.1. The molecular formula is C41H56F3N3O5. The lowest BCUT2D eigenvalue weighted by atomic mass is 9.64. The van der Waals surface area contributed by atoms with E-state index in [0.717, 1.165) is 69.4 Å². The molecule has 286 valence electrons. The minimum absolute atomic E-state index is 0.0748. The average molecular weight is 728 g/mol. The second-order valence-corrected chi connectivity index (χ2v) is 18.1. The van der Waals surface area contributed by atoms with Crippen molar-refractivity contribution in [2.45, 2.75) is 62.8 Å². The number of carboxylic acids is 1. The van der Waals surface area contributed by atoms with Gasteiger partial charge < -0.3 is 29.5 Å². The molecule has 0 aromatic carbocycles. The van der Waals surface area contributed by atoms with Gasteiger partial charge in [0.15, 0.2) is 0 Å². The van der Waals surface area contributed by atoms with Crippen LogP contribution in [0.4, 0.5) is 13.2 Å². The van der Waals surface area contributed by atoms with E-state index >= 15 is 0 Å². The van der Waals surface area contributed by atoms with Crippen molar-refractivity contribution in [1.82, 2.24) is 14.7 Å². The van der Waals surface area contributed by atoms with Crippen LogP contribution in [0.15, 0.2) is 47.4 Å². The number of aliphatic carboxylic acids is 1. The van der Waals surface area contributed by atoms with Crippen molar-refractivity contribution < 1.29 is 37.7 Å². The Hall–Kier alpha value is -2.34. The number of carbonyl (C=O) groups is 1. The van der Waals surface area contributed by atoms with Crippen LogP contribution in [0.25, 0.3) is 0 Å². The van der Waals surface area contributed by atoms with Gasteiger partial charge in [-0.1, -0.05) is 12.2 Å². The number of aliphatic hydroxyl groups is 1. The molecule has 11 heteroatoms. The van der Waals surface area contributed by atoms with Crippen molar-refractivity contribution >= 4 is 5.97 Å². The fourth-order valence-electron chi connectivity index (χ4n) is 14.0. The maximum atomic E-state index is 14.1. The standard InChI is InChI=1S/C41H56F3N3O5/c1-51-22-27-18-45(20-34(27)30-8-5-28(41(42,43)44)14-35(30)46-11-9-24(10-12-46)39(48)49)17-26-19-47(21-33(26)23-3-6-29(52-2)7-4-23)38-31-13-25-15-40(50)16-32(38)36(25)37(31)40/h3,5-7,14,23-27,30-34,36-38,50H,4,8-13,15-22H2,1-2H3,(H,48,49)/t23?,25?,26-,27-,30?,31+,32?,33+,34+,36?,37?,38?,40?/m1/s1. The Kier molecular flexibility index (Phi) is 8.95. The lowest BCUT2D eigenvalue weighted by Crippen LogP contribution is -2.54. The number of hydrogen-bond acceptors (Lipinski definition) is 7. The molecule has 0 aromatic rings. The molecule has 2 N–H and O–H groups in total. The number of methoxy groups -OCH3 is 2. The number of piperidine rings is 1. The molecular weight excluding hydrogens is 671 g/mol. The smallest absolute Gasteiger partial charge is 0.416 e. The van der Waals surface area contributed by atoms with Gasteiger partial charge in [0.05, 0.1) is 30.8 Å². The summed E-state index contributed by atoms with van der Waals surface area (Å²) < 4.78 is 53.6. The van der Waals surface area contributed by atoms with Crippen molar-refractivity contribution in [1.29, 1.82) is 0 Å². The van der Waals surface area contributed by atoms with Gasteiger partial charge in [-0.05, 0) is 122 Å². The average Bonchev–Trinajstić information content (AvgIpc) is 3.96. The van der Waals surface area contributed by atoms with E-state index in [1.807, 2.05) is 0 Å². The van der Waals surface area contributed by atoms with E-state index in [1.165, 1.54) is 18.6 Å². The number of ether oxygens (including phenoxy) is 2. The third-order valence-electron chi connectivity index (χ3n) is 15.8. The van der Waals surface area contributed by atoms with E-state index < -0.39 is 29.2 Å². The quantitative estimate of drug-likeness (QED) is 0.309. The van der Waals surface area contributed by atoms with Crippen molar-refractivity contribution in [2.75, 3.05) is 66.6 Å². The number of likely N-dealkylation sites (tertiary alicyclic amines) is 3. The number of rotatable bonds is 10. The Balaban J connectivity index is 0.943. The monoisotopic (exact) mass is 727 g/mol. The maximum Gasteiger partial charge on any atom is 0.416 e. The summed E-state index contributed by atoms with van der Waals surface area (Å²) in [6, 6.07) is 0.583. The van der Waals surface area contributed by atoms with Gasteiger partial charge in [-0.15, -0.1) is 0 Å². The number of carboxylic acid groups (broad SMARTS) is 1. The number of halogens is 3. The van der Waals surface area contributed by atoms with Crippen LogP contribution in [0.5, 0.6) is 0 Å². The lowest BCUT2D eigenvalue weighted by Gasteiger charge is -2.50. The molecule has 0 radical (unpaired) electrons. The van der Waals surface area contributed by atoms with E-state index in [1.54, 1.807) is 14.2 Å². The van der Waals surface area contributed by atoms with Gasteiger partial charge in [0, 0.05) is 70.6 Å². The Bertz CT molecular complexity index is 1530. The first-order valence-electron chi connectivity index (χ1n) is 20.0. The highest BCUT2D eigenvalue weighted by Crippen LogP contribution is 2.75. The van der Waals surface area contributed by atoms with Gasteiger partial charge in [-0.3, -0.25) is 9.69 Å². The second kappa shape index (κ2) is 13.2. The Morgan fingerprint density at radius 1 is 0.981 bits per heavy atom. The molecule has 3 saturated heterocycles. The zero-order valence-electron chi connectivity index (χ0n) is 30.6. The summed E-state index contributed by atoms with van der Waals surface area (Å²) in [4.78, 5) is 19.2. The molecule has 8 nitrogen and oxygen atoms in total.